The highest BCUT2D eigenvalue weighted by Crippen LogP contribution is 2.20. The molecule has 1 N–H and O–H groups in total. The van der Waals surface area contributed by atoms with Crippen molar-refractivity contribution < 1.29 is 9.21 Å². The van der Waals surface area contributed by atoms with Gasteiger partial charge in [0.2, 0.25) is 0 Å². The highest BCUT2D eigenvalue weighted by molar-refractivity contribution is 7.09. The topological polar surface area (TPSA) is 45.5 Å². The predicted octanol–water partition coefficient (Wildman–Crippen LogP) is 3.60. The number of rotatable bonds is 5. The third kappa shape index (κ3) is 4.24. The molecule has 1 amide bonds. The summed E-state index contributed by atoms with van der Waals surface area (Å²) >= 11 is 1.82. The normalized spacial score (nSPS) is 16.6. The summed E-state index contributed by atoms with van der Waals surface area (Å²) in [4.78, 5) is 16.2. The molecule has 2 aromatic heterocycles. The number of carbonyl (C=O) groups is 1. The molecule has 3 heterocycles. The molecule has 1 saturated heterocycles. The summed E-state index contributed by atoms with van der Waals surface area (Å²) in [6, 6.07) is 6.13. The highest BCUT2D eigenvalue weighted by atomic mass is 32.1. The molecule has 124 valence electrons. The minimum absolute atomic E-state index is 0.0136. The lowest BCUT2D eigenvalue weighted by Gasteiger charge is -2.31. The lowest BCUT2D eigenvalue weighted by atomic mass is 9.96. The van der Waals surface area contributed by atoms with Gasteiger partial charge in [-0.1, -0.05) is 6.07 Å². The molecule has 0 saturated carbocycles. The van der Waals surface area contributed by atoms with Crippen LogP contribution in [0.2, 0.25) is 0 Å². The van der Waals surface area contributed by atoms with E-state index >= 15 is 0 Å². The molecule has 23 heavy (non-hydrogen) atoms. The number of furan rings is 1. The summed E-state index contributed by atoms with van der Waals surface area (Å²) in [5.41, 5.74) is 0.664. The summed E-state index contributed by atoms with van der Waals surface area (Å²) in [5, 5.41) is 5.20. The van der Waals surface area contributed by atoms with E-state index in [1.54, 1.807) is 0 Å². The number of hydrogen-bond acceptors (Lipinski definition) is 4. The van der Waals surface area contributed by atoms with E-state index in [4.69, 9.17) is 4.42 Å². The number of piperidine rings is 1. The number of carbonyl (C=O) groups excluding carboxylic acids is 1. The lowest BCUT2D eigenvalue weighted by Crippen LogP contribution is -2.38. The Morgan fingerprint density at radius 2 is 2.17 bits per heavy atom. The summed E-state index contributed by atoms with van der Waals surface area (Å²) in [6.45, 7) is 7.75. The van der Waals surface area contributed by atoms with E-state index in [0.29, 0.717) is 17.2 Å². The van der Waals surface area contributed by atoms with Gasteiger partial charge in [-0.2, -0.15) is 0 Å². The van der Waals surface area contributed by atoms with Crippen LogP contribution >= 0.6 is 11.3 Å². The summed E-state index contributed by atoms with van der Waals surface area (Å²) in [6.07, 6.45) is 2.30. The van der Waals surface area contributed by atoms with Crippen molar-refractivity contribution in [2.24, 2.45) is 5.92 Å². The molecular formula is C18H24N2O2S. The molecular weight excluding hydrogens is 308 g/mol. The van der Waals surface area contributed by atoms with Crippen LogP contribution in [-0.4, -0.2) is 30.4 Å². The zero-order chi connectivity index (χ0) is 16.2. The Morgan fingerprint density at radius 1 is 1.39 bits per heavy atom. The first kappa shape index (κ1) is 16.3. The smallest absolute Gasteiger partial charge is 0.254 e. The number of hydrogen-bond donors (Lipinski definition) is 1. The molecule has 1 aliphatic rings. The van der Waals surface area contributed by atoms with E-state index in [0.717, 1.165) is 44.8 Å². The van der Waals surface area contributed by atoms with E-state index in [-0.39, 0.29) is 5.91 Å². The van der Waals surface area contributed by atoms with Crippen LogP contribution in [0.3, 0.4) is 0 Å². The Bertz CT molecular complexity index is 640. The van der Waals surface area contributed by atoms with Crippen molar-refractivity contribution in [2.45, 2.75) is 33.2 Å². The minimum Gasteiger partial charge on any atom is -0.466 e. The van der Waals surface area contributed by atoms with Crippen LogP contribution in [0, 0.1) is 19.8 Å². The van der Waals surface area contributed by atoms with Gasteiger partial charge in [-0.25, -0.2) is 0 Å². The Hall–Kier alpha value is -1.59. The molecule has 0 bridgehead atoms. The largest absolute Gasteiger partial charge is 0.466 e. The predicted molar refractivity (Wildman–Crippen MR) is 92.8 cm³/mol. The van der Waals surface area contributed by atoms with Gasteiger partial charge >= 0.3 is 0 Å². The SMILES string of the molecule is Cc1cc(C(=O)NCC2CCN(Cc3cccs3)CC2)c(C)o1. The molecule has 5 heteroatoms. The second-order valence-electron chi connectivity index (χ2n) is 6.34. The standard InChI is InChI=1S/C18H24N2O2S/c1-13-10-17(14(2)22-13)18(21)19-11-15-5-7-20(8-6-15)12-16-4-3-9-23-16/h3-4,9-10,15H,5-8,11-12H2,1-2H3,(H,19,21). The van der Waals surface area contributed by atoms with E-state index < -0.39 is 0 Å². The van der Waals surface area contributed by atoms with Gasteiger partial charge in [0, 0.05) is 18.0 Å². The van der Waals surface area contributed by atoms with Crippen LogP contribution in [0.5, 0.6) is 0 Å². The van der Waals surface area contributed by atoms with Gasteiger partial charge < -0.3 is 9.73 Å². The quantitative estimate of drug-likeness (QED) is 0.910. The first-order valence-electron chi connectivity index (χ1n) is 8.22. The van der Waals surface area contributed by atoms with E-state index in [1.165, 1.54) is 4.88 Å². The van der Waals surface area contributed by atoms with Gasteiger partial charge in [-0.3, -0.25) is 9.69 Å². The maximum Gasteiger partial charge on any atom is 0.254 e. The van der Waals surface area contributed by atoms with Gasteiger partial charge in [0.1, 0.15) is 11.5 Å². The molecule has 4 nitrogen and oxygen atoms in total. The van der Waals surface area contributed by atoms with Crippen LogP contribution in [0.4, 0.5) is 0 Å². The zero-order valence-corrected chi connectivity index (χ0v) is 14.6. The molecule has 1 fully saturated rings. The van der Waals surface area contributed by atoms with E-state index in [1.807, 2.05) is 31.3 Å². The van der Waals surface area contributed by atoms with Crippen molar-refractivity contribution in [1.29, 1.82) is 0 Å². The fourth-order valence-corrected chi connectivity index (χ4v) is 3.91. The molecule has 1 aliphatic heterocycles. The second kappa shape index (κ2) is 7.32. The molecule has 0 atom stereocenters. The van der Waals surface area contributed by atoms with Crippen molar-refractivity contribution in [3.63, 3.8) is 0 Å². The zero-order valence-electron chi connectivity index (χ0n) is 13.8. The number of likely N-dealkylation sites (tertiary alicyclic amines) is 1. The van der Waals surface area contributed by atoms with Gasteiger partial charge in [0.25, 0.3) is 5.91 Å². The van der Waals surface area contributed by atoms with Crippen LogP contribution in [0.25, 0.3) is 0 Å². The molecule has 0 aromatic carbocycles. The Morgan fingerprint density at radius 3 is 2.78 bits per heavy atom. The molecule has 0 spiro atoms. The summed E-state index contributed by atoms with van der Waals surface area (Å²) < 4.78 is 5.42. The summed E-state index contributed by atoms with van der Waals surface area (Å²) in [7, 11) is 0. The fraction of sp³-hybridized carbons (Fsp3) is 0.500. The van der Waals surface area contributed by atoms with Gasteiger partial charge in [0.05, 0.1) is 5.56 Å². The molecule has 0 radical (unpaired) electrons. The van der Waals surface area contributed by atoms with Gasteiger partial charge in [-0.15, -0.1) is 11.3 Å². The number of nitrogens with one attached hydrogen (secondary N) is 1. The van der Waals surface area contributed by atoms with Crippen molar-refractivity contribution in [3.8, 4) is 0 Å². The van der Waals surface area contributed by atoms with Crippen molar-refractivity contribution in [2.75, 3.05) is 19.6 Å². The first-order chi connectivity index (χ1) is 11.1. The fourth-order valence-electron chi connectivity index (χ4n) is 3.16. The average Bonchev–Trinajstić information content (AvgIpc) is 3.15. The average molecular weight is 332 g/mol. The maximum atomic E-state index is 12.2. The molecule has 2 aromatic rings. The Balaban J connectivity index is 1.42. The lowest BCUT2D eigenvalue weighted by molar-refractivity contribution is 0.0934. The van der Waals surface area contributed by atoms with Gasteiger partial charge in [0.15, 0.2) is 0 Å². The number of aryl methyl sites for hydroxylation is 2. The van der Waals surface area contributed by atoms with Crippen molar-refractivity contribution in [1.82, 2.24) is 10.2 Å². The van der Waals surface area contributed by atoms with Crippen molar-refractivity contribution in [3.05, 3.63) is 45.5 Å². The molecule has 0 aliphatic carbocycles. The molecule has 0 unspecified atom stereocenters. The number of thiophene rings is 1. The second-order valence-corrected chi connectivity index (χ2v) is 7.37. The van der Waals surface area contributed by atoms with Crippen LogP contribution in [0.15, 0.2) is 28.0 Å². The summed E-state index contributed by atoms with van der Waals surface area (Å²) in [5.74, 6) is 2.05. The highest BCUT2D eigenvalue weighted by Gasteiger charge is 2.21. The number of amides is 1. The van der Waals surface area contributed by atoms with Crippen molar-refractivity contribution >= 4 is 17.2 Å². The van der Waals surface area contributed by atoms with Crippen LogP contribution in [0.1, 0.15) is 39.6 Å². The van der Waals surface area contributed by atoms with Crippen LogP contribution < -0.4 is 5.32 Å². The Kier molecular flexibility index (Phi) is 5.18. The third-order valence-corrected chi connectivity index (χ3v) is 5.36. The Labute approximate surface area is 141 Å². The first-order valence-corrected chi connectivity index (χ1v) is 9.10. The van der Waals surface area contributed by atoms with E-state index in [2.05, 4.69) is 27.7 Å². The molecule has 3 rings (SSSR count). The van der Waals surface area contributed by atoms with E-state index in [9.17, 15) is 4.79 Å². The van der Waals surface area contributed by atoms with Crippen LogP contribution in [-0.2, 0) is 6.54 Å². The third-order valence-electron chi connectivity index (χ3n) is 4.50. The van der Waals surface area contributed by atoms with Gasteiger partial charge in [-0.05, 0) is 63.2 Å². The number of nitrogens with zero attached hydrogens (tertiary/aromatic N) is 1. The maximum absolute atomic E-state index is 12.2. The monoisotopic (exact) mass is 332 g/mol. The minimum atomic E-state index is -0.0136.